The Hall–Kier alpha value is -1.42. The van der Waals surface area contributed by atoms with Crippen LogP contribution in [0, 0.1) is 12.8 Å². The molecule has 0 saturated heterocycles. The van der Waals surface area contributed by atoms with Crippen LogP contribution in [0.4, 0.5) is 5.69 Å². The van der Waals surface area contributed by atoms with Gasteiger partial charge in [0.15, 0.2) is 0 Å². The summed E-state index contributed by atoms with van der Waals surface area (Å²) in [5.41, 5.74) is 7.88. The SMILES string of the molecule is COc1cc(C)c(N(C)CC(C)CCN)c(OC)c1. The Bertz CT molecular complexity index is 407. The maximum atomic E-state index is 5.61. The second kappa shape index (κ2) is 7.24. The summed E-state index contributed by atoms with van der Waals surface area (Å²) >= 11 is 0. The normalized spacial score (nSPS) is 12.1. The molecule has 0 saturated carbocycles. The van der Waals surface area contributed by atoms with Gasteiger partial charge in [-0.2, -0.15) is 0 Å². The highest BCUT2D eigenvalue weighted by molar-refractivity contribution is 5.65. The van der Waals surface area contributed by atoms with Crippen molar-refractivity contribution in [1.82, 2.24) is 0 Å². The molecule has 1 aromatic carbocycles. The number of methoxy groups -OCH3 is 2. The summed E-state index contributed by atoms with van der Waals surface area (Å²) in [4.78, 5) is 2.23. The van der Waals surface area contributed by atoms with Gasteiger partial charge in [-0.1, -0.05) is 6.92 Å². The number of hydrogen-bond acceptors (Lipinski definition) is 4. The quantitative estimate of drug-likeness (QED) is 0.823. The van der Waals surface area contributed by atoms with Crippen molar-refractivity contribution in [2.24, 2.45) is 11.7 Å². The molecule has 1 aromatic rings. The first-order valence-corrected chi connectivity index (χ1v) is 6.67. The average molecular weight is 266 g/mol. The Morgan fingerprint density at radius 3 is 2.47 bits per heavy atom. The van der Waals surface area contributed by atoms with E-state index < -0.39 is 0 Å². The largest absolute Gasteiger partial charge is 0.497 e. The number of nitrogens with zero attached hydrogens (tertiary/aromatic N) is 1. The van der Waals surface area contributed by atoms with Crippen molar-refractivity contribution in [1.29, 1.82) is 0 Å². The second-order valence-corrected chi connectivity index (χ2v) is 5.06. The smallest absolute Gasteiger partial charge is 0.146 e. The van der Waals surface area contributed by atoms with Gasteiger partial charge in [0.1, 0.15) is 11.5 Å². The Balaban J connectivity index is 2.98. The van der Waals surface area contributed by atoms with Gasteiger partial charge in [-0.15, -0.1) is 0 Å². The summed E-state index contributed by atoms with van der Waals surface area (Å²) < 4.78 is 10.8. The molecule has 4 heteroatoms. The molecule has 0 radical (unpaired) electrons. The van der Waals surface area contributed by atoms with Crippen molar-refractivity contribution in [3.63, 3.8) is 0 Å². The molecule has 4 nitrogen and oxygen atoms in total. The summed E-state index contributed by atoms with van der Waals surface area (Å²) in [5.74, 6) is 2.22. The van der Waals surface area contributed by atoms with E-state index in [1.807, 2.05) is 12.1 Å². The maximum Gasteiger partial charge on any atom is 0.146 e. The Morgan fingerprint density at radius 1 is 1.26 bits per heavy atom. The van der Waals surface area contributed by atoms with E-state index in [4.69, 9.17) is 15.2 Å². The number of benzene rings is 1. The molecule has 0 spiro atoms. The minimum Gasteiger partial charge on any atom is -0.497 e. The Labute approximate surface area is 116 Å². The van der Waals surface area contributed by atoms with Crippen molar-refractivity contribution in [2.45, 2.75) is 20.3 Å². The first kappa shape index (κ1) is 15.6. The fraction of sp³-hybridized carbons (Fsp3) is 0.600. The van der Waals surface area contributed by atoms with E-state index in [1.54, 1.807) is 14.2 Å². The lowest BCUT2D eigenvalue weighted by Crippen LogP contribution is -2.26. The predicted octanol–water partition coefficient (Wildman–Crippen LogP) is 2.43. The summed E-state index contributed by atoms with van der Waals surface area (Å²) in [5, 5.41) is 0. The Kier molecular flexibility index (Phi) is 5.96. The monoisotopic (exact) mass is 266 g/mol. The van der Waals surface area contributed by atoms with Crippen LogP contribution in [0.3, 0.4) is 0 Å². The zero-order valence-electron chi connectivity index (χ0n) is 12.7. The summed E-state index contributed by atoms with van der Waals surface area (Å²) in [6, 6.07) is 3.95. The van der Waals surface area contributed by atoms with Crippen LogP contribution in [0.15, 0.2) is 12.1 Å². The molecule has 0 aliphatic rings. The van der Waals surface area contributed by atoms with Crippen molar-refractivity contribution in [3.05, 3.63) is 17.7 Å². The number of anilines is 1. The lowest BCUT2D eigenvalue weighted by molar-refractivity contribution is 0.393. The molecule has 2 N–H and O–H groups in total. The standard InChI is InChI=1S/C15H26N2O2/c1-11(6-7-16)10-17(3)15-12(2)8-13(18-4)9-14(15)19-5/h8-9,11H,6-7,10,16H2,1-5H3. The Morgan fingerprint density at radius 2 is 1.95 bits per heavy atom. The van der Waals surface area contributed by atoms with Crippen molar-refractivity contribution < 1.29 is 9.47 Å². The van der Waals surface area contributed by atoms with E-state index in [-0.39, 0.29) is 0 Å². The predicted molar refractivity (Wildman–Crippen MR) is 80.4 cm³/mol. The molecular weight excluding hydrogens is 240 g/mol. The van der Waals surface area contributed by atoms with Gasteiger partial charge in [-0.25, -0.2) is 0 Å². The van der Waals surface area contributed by atoms with Crippen molar-refractivity contribution >= 4 is 5.69 Å². The average Bonchev–Trinajstić information content (AvgIpc) is 2.37. The van der Waals surface area contributed by atoms with Gasteiger partial charge < -0.3 is 20.1 Å². The molecule has 1 unspecified atom stereocenters. The topological polar surface area (TPSA) is 47.7 Å². The van der Waals surface area contributed by atoms with Gasteiger partial charge >= 0.3 is 0 Å². The van der Waals surface area contributed by atoms with Gasteiger partial charge in [-0.3, -0.25) is 0 Å². The molecule has 0 amide bonds. The first-order valence-electron chi connectivity index (χ1n) is 6.67. The minimum atomic E-state index is 0.557. The lowest BCUT2D eigenvalue weighted by atomic mass is 10.1. The number of aryl methyl sites for hydroxylation is 1. The van der Waals surface area contributed by atoms with Crippen LogP contribution >= 0.6 is 0 Å². The third-order valence-electron chi connectivity index (χ3n) is 3.32. The van der Waals surface area contributed by atoms with Crippen LogP contribution < -0.4 is 20.1 Å². The summed E-state index contributed by atoms with van der Waals surface area (Å²) in [6.45, 7) is 5.98. The molecular formula is C15H26N2O2. The highest BCUT2D eigenvalue weighted by Gasteiger charge is 2.15. The van der Waals surface area contributed by atoms with E-state index in [9.17, 15) is 0 Å². The van der Waals surface area contributed by atoms with Gasteiger partial charge in [-0.05, 0) is 37.4 Å². The van der Waals surface area contributed by atoms with Gasteiger partial charge in [0.2, 0.25) is 0 Å². The molecule has 0 heterocycles. The fourth-order valence-electron chi connectivity index (χ4n) is 2.41. The summed E-state index contributed by atoms with van der Waals surface area (Å²) in [6.07, 6.45) is 1.03. The summed E-state index contributed by atoms with van der Waals surface area (Å²) in [7, 11) is 5.44. The van der Waals surface area contributed by atoms with Crippen LogP contribution in [0.2, 0.25) is 0 Å². The first-order chi connectivity index (χ1) is 9.03. The van der Waals surface area contributed by atoms with Gasteiger partial charge in [0.05, 0.1) is 19.9 Å². The number of rotatable bonds is 7. The number of hydrogen-bond donors (Lipinski definition) is 1. The van der Waals surface area contributed by atoms with E-state index in [1.165, 1.54) is 0 Å². The zero-order chi connectivity index (χ0) is 14.4. The number of ether oxygens (including phenoxy) is 2. The highest BCUT2D eigenvalue weighted by Crippen LogP contribution is 2.35. The molecule has 1 rings (SSSR count). The molecule has 1 atom stereocenters. The zero-order valence-corrected chi connectivity index (χ0v) is 12.7. The molecule has 0 bridgehead atoms. The van der Waals surface area contributed by atoms with Crippen molar-refractivity contribution in [2.75, 3.05) is 39.3 Å². The van der Waals surface area contributed by atoms with E-state index in [2.05, 4.69) is 25.8 Å². The molecule has 108 valence electrons. The molecule has 0 aromatic heterocycles. The molecule has 0 aliphatic carbocycles. The van der Waals surface area contributed by atoms with E-state index in [0.29, 0.717) is 5.92 Å². The third kappa shape index (κ3) is 4.03. The van der Waals surface area contributed by atoms with E-state index in [0.717, 1.165) is 42.3 Å². The minimum absolute atomic E-state index is 0.557. The molecule has 0 aliphatic heterocycles. The van der Waals surface area contributed by atoms with Crippen molar-refractivity contribution in [3.8, 4) is 11.5 Å². The molecule has 0 fully saturated rings. The van der Waals surface area contributed by atoms with Crippen LogP contribution in [-0.2, 0) is 0 Å². The third-order valence-corrected chi connectivity index (χ3v) is 3.32. The highest BCUT2D eigenvalue weighted by atomic mass is 16.5. The second-order valence-electron chi connectivity index (χ2n) is 5.06. The van der Waals surface area contributed by atoms with Crippen LogP contribution in [0.25, 0.3) is 0 Å². The number of nitrogens with two attached hydrogens (primary N) is 1. The van der Waals surface area contributed by atoms with Crippen LogP contribution in [-0.4, -0.2) is 34.4 Å². The fourth-order valence-corrected chi connectivity index (χ4v) is 2.41. The van der Waals surface area contributed by atoms with E-state index >= 15 is 0 Å². The maximum absolute atomic E-state index is 5.61. The lowest BCUT2D eigenvalue weighted by Gasteiger charge is -2.27. The van der Waals surface area contributed by atoms with Gasteiger partial charge in [0, 0.05) is 19.7 Å². The van der Waals surface area contributed by atoms with Gasteiger partial charge in [0.25, 0.3) is 0 Å². The molecule has 19 heavy (non-hydrogen) atoms. The van der Waals surface area contributed by atoms with Crippen LogP contribution in [0.5, 0.6) is 11.5 Å². The van der Waals surface area contributed by atoms with Crippen LogP contribution in [0.1, 0.15) is 18.9 Å².